The summed E-state index contributed by atoms with van der Waals surface area (Å²) in [6.45, 7) is 3.82. The molecule has 3 rings (SSSR count). The molecule has 0 spiro atoms. The van der Waals surface area contributed by atoms with Crippen molar-refractivity contribution in [2.45, 2.75) is 75.1 Å². The van der Waals surface area contributed by atoms with E-state index in [1.54, 1.807) is 17.0 Å². The Bertz CT molecular complexity index is 932. The molecule has 1 radical (unpaired) electrons. The summed E-state index contributed by atoms with van der Waals surface area (Å²) in [5.41, 5.74) is -0.422. The van der Waals surface area contributed by atoms with Gasteiger partial charge in [0.25, 0.3) is 0 Å². The van der Waals surface area contributed by atoms with Crippen LogP contribution in [0.5, 0.6) is 0 Å². The number of ketones is 1. The number of benzene rings is 1. The van der Waals surface area contributed by atoms with Crippen molar-refractivity contribution in [2.24, 2.45) is 0 Å². The first-order chi connectivity index (χ1) is 17.3. The van der Waals surface area contributed by atoms with Crippen molar-refractivity contribution in [3.05, 3.63) is 35.6 Å². The van der Waals surface area contributed by atoms with Crippen LogP contribution in [0.25, 0.3) is 0 Å². The van der Waals surface area contributed by atoms with Gasteiger partial charge in [0.1, 0.15) is 0 Å². The zero-order valence-corrected chi connectivity index (χ0v) is 22.8. The third kappa shape index (κ3) is 7.87. The van der Waals surface area contributed by atoms with Gasteiger partial charge in [-0.05, 0) is 0 Å². The Labute approximate surface area is 218 Å². The van der Waals surface area contributed by atoms with E-state index < -0.39 is 43.6 Å². The summed E-state index contributed by atoms with van der Waals surface area (Å²) in [5.74, 6) is -1.37. The van der Waals surface area contributed by atoms with Crippen LogP contribution in [-0.4, -0.2) is 80.8 Å². The van der Waals surface area contributed by atoms with E-state index in [-0.39, 0.29) is 11.8 Å². The first kappa shape index (κ1) is 28.3. The van der Waals surface area contributed by atoms with Crippen LogP contribution < -0.4 is 10.6 Å². The molecule has 8 nitrogen and oxygen atoms in total. The van der Waals surface area contributed by atoms with E-state index in [1.165, 1.54) is 12.1 Å². The molecule has 0 aromatic heterocycles. The number of hydrogen-bond acceptors (Lipinski definition) is 5. The summed E-state index contributed by atoms with van der Waals surface area (Å²) in [5, 5.41) is 6.16. The van der Waals surface area contributed by atoms with Crippen molar-refractivity contribution in [3.63, 3.8) is 0 Å². The Morgan fingerprint density at radius 3 is 2.53 bits per heavy atom. The molecule has 1 aromatic carbocycles. The van der Waals surface area contributed by atoms with Crippen molar-refractivity contribution in [1.29, 1.82) is 0 Å². The van der Waals surface area contributed by atoms with Crippen molar-refractivity contribution in [2.75, 3.05) is 26.3 Å². The minimum absolute atomic E-state index is 0.303. The van der Waals surface area contributed by atoms with Crippen LogP contribution in [0.4, 0.5) is 9.18 Å². The molecule has 1 aliphatic heterocycles. The number of rotatable bonds is 11. The summed E-state index contributed by atoms with van der Waals surface area (Å²) >= 11 is -1.02. The number of urea groups is 1. The monoisotopic (exact) mass is 564 g/mol. The summed E-state index contributed by atoms with van der Waals surface area (Å²) in [4.78, 5) is 54.1. The second-order valence-corrected chi connectivity index (χ2v) is 11.6. The number of nitrogens with zero attached hydrogens (tertiary/aromatic N) is 1. The summed E-state index contributed by atoms with van der Waals surface area (Å²) in [6.07, 6.45) is 5.39. The number of amides is 3. The number of carbonyl (C=O) groups is 4. The second kappa shape index (κ2) is 13.9. The van der Waals surface area contributed by atoms with Crippen LogP contribution in [0, 0.1) is 5.82 Å². The molecule has 0 unspecified atom stereocenters. The van der Waals surface area contributed by atoms with Crippen LogP contribution >= 0.6 is 0 Å². The van der Waals surface area contributed by atoms with E-state index in [1.807, 2.05) is 6.92 Å². The molecule has 197 valence electrons. The Kier molecular flexibility index (Phi) is 10.9. The van der Waals surface area contributed by atoms with Gasteiger partial charge < -0.3 is 0 Å². The third-order valence-corrected chi connectivity index (χ3v) is 8.92. The molecule has 2 aliphatic rings. The van der Waals surface area contributed by atoms with Gasteiger partial charge in [0.05, 0.1) is 0 Å². The van der Waals surface area contributed by atoms with Crippen molar-refractivity contribution < 1.29 is 28.3 Å². The number of morpholine rings is 1. The van der Waals surface area contributed by atoms with Crippen LogP contribution in [-0.2, 0) is 24.3 Å². The predicted molar refractivity (Wildman–Crippen MR) is 134 cm³/mol. The average molecular weight is 565 g/mol. The molecule has 1 saturated heterocycles. The zero-order valence-electron chi connectivity index (χ0n) is 20.9. The molecule has 1 atom stereocenters. The Balaban J connectivity index is 1.68. The summed E-state index contributed by atoms with van der Waals surface area (Å²) < 4.78 is 18.3. The molecule has 2 fully saturated rings. The molecular formula is C26H36AsFN3O5. The predicted octanol–water partition coefficient (Wildman–Crippen LogP) is 2.55. The Morgan fingerprint density at radius 1 is 1.14 bits per heavy atom. The van der Waals surface area contributed by atoms with Gasteiger partial charge in [0, 0.05) is 0 Å². The quantitative estimate of drug-likeness (QED) is 0.318. The minimum atomic E-state index is -1.10. The molecular weight excluding hydrogens is 528 g/mol. The van der Waals surface area contributed by atoms with Gasteiger partial charge in [-0.3, -0.25) is 0 Å². The SMILES string of the molecule is CCCC[C@H](NC(=O)C1(NC(=O)N2CCOCC2)CCCCC1)C(=O)C(=O)[As]Cc1cccc(F)c1. The Morgan fingerprint density at radius 2 is 1.86 bits per heavy atom. The van der Waals surface area contributed by atoms with Crippen molar-refractivity contribution >= 4 is 38.0 Å². The van der Waals surface area contributed by atoms with Crippen LogP contribution in [0.15, 0.2) is 24.3 Å². The fourth-order valence-corrected chi connectivity index (χ4v) is 6.36. The molecule has 0 bridgehead atoms. The summed E-state index contributed by atoms with van der Waals surface area (Å²) in [7, 11) is 0. The number of nitrogens with one attached hydrogen (secondary N) is 2. The topological polar surface area (TPSA) is 105 Å². The van der Waals surface area contributed by atoms with Crippen LogP contribution in [0.1, 0.15) is 63.9 Å². The van der Waals surface area contributed by atoms with Crippen molar-refractivity contribution in [3.8, 4) is 0 Å². The fraction of sp³-hybridized carbons (Fsp3) is 0.615. The number of unbranched alkanes of at least 4 members (excludes halogenated alkanes) is 1. The number of Topliss-reactive ketones (excluding diaryl/α,β-unsaturated/α-hetero) is 1. The van der Waals surface area contributed by atoms with Gasteiger partial charge >= 0.3 is 219 Å². The van der Waals surface area contributed by atoms with Crippen molar-refractivity contribution in [1.82, 2.24) is 15.5 Å². The van der Waals surface area contributed by atoms with Gasteiger partial charge in [-0.25, -0.2) is 0 Å². The first-order valence-electron chi connectivity index (χ1n) is 12.8. The van der Waals surface area contributed by atoms with Crippen LogP contribution in [0.3, 0.4) is 0 Å². The van der Waals surface area contributed by atoms with Gasteiger partial charge in [0.15, 0.2) is 0 Å². The summed E-state index contributed by atoms with van der Waals surface area (Å²) in [6, 6.07) is 4.79. The average Bonchev–Trinajstić information content (AvgIpc) is 2.90. The molecule has 2 N–H and O–H groups in total. The van der Waals surface area contributed by atoms with Gasteiger partial charge in [-0.1, -0.05) is 0 Å². The van der Waals surface area contributed by atoms with E-state index >= 15 is 0 Å². The van der Waals surface area contributed by atoms with Crippen LogP contribution in [0.2, 0.25) is 0 Å². The van der Waals surface area contributed by atoms with Gasteiger partial charge in [-0.2, -0.15) is 0 Å². The number of halogens is 1. The maximum absolute atomic E-state index is 13.6. The molecule has 36 heavy (non-hydrogen) atoms. The first-order valence-corrected chi connectivity index (χ1v) is 15.1. The van der Waals surface area contributed by atoms with E-state index in [2.05, 4.69) is 10.6 Å². The second-order valence-electron chi connectivity index (χ2n) is 9.46. The number of hydrogen-bond donors (Lipinski definition) is 2. The number of carbonyl (C=O) groups excluding carboxylic acids is 4. The fourth-order valence-electron chi connectivity index (χ4n) is 4.61. The van der Waals surface area contributed by atoms with E-state index in [9.17, 15) is 23.6 Å². The number of ether oxygens (including phenoxy) is 1. The molecule has 3 amide bonds. The van der Waals surface area contributed by atoms with Gasteiger partial charge in [0.2, 0.25) is 0 Å². The molecule has 1 aromatic rings. The zero-order chi connectivity index (χ0) is 26.0. The third-order valence-electron chi connectivity index (χ3n) is 6.76. The molecule has 1 heterocycles. The standard InChI is InChI=1S/C26H36AsFN3O5/c1-2-3-10-21(22(32)23(33)27-18-19-8-7-9-20(28)17-19)29-24(34)26(11-5-4-6-12-26)30-25(35)31-13-15-36-16-14-31/h7-9,17,21H,2-6,10-16,18H2,1H3,(H,29,34)(H,30,35)/t21-/m0/s1. The Hall–Kier alpha value is -2.25. The molecule has 10 heteroatoms. The van der Waals surface area contributed by atoms with E-state index in [0.717, 1.165) is 25.7 Å². The molecule has 1 saturated carbocycles. The normalized spacial score (nSPS) is 18.6. The molecule has 1 aliphatic carbocycles. The van der Waals surface area contributed by atoms with Gasteiger partial charge in [-0.15, -0.1) is 0 Å². The van der Waals surface area contributed by atoms with E-state index in [4.69, 9.17) is 4.74 Å². The maximum atomic E-state index is 13.6. The van der Waals surface area contributed by atoms with E-state index in [0.29, 0.717) is 62.8 Å².